The Morgan fingerprint density at radius 1 is 1.43 bits per heavy atom. The molecule has 0 aliphatic rings. The summed E-state index contributed by atoms with van der Waals surface area (Å²) in [6, 6.07) is 9.31. The second-order valence-electron chi connectivity index (χ2n) is 2.80. The summed E-state index contributed by atoms with van der Waals surface area (Å²) in [7, 11) is 0. The summed E-state index contributed by atoms with van der Waals surface area (Å²) in [6.45, 7) is 0.378. The number of carbonyl (C=O) groups excluding carboxylic acids is 1. The van der Waals surface area contributed by atoms with Crippen LogP contribution in [0.5, 0.6) is 5.75 Å². The van der Waals surface area contributed by atoms with Crippen molar-refractivity contribution in [2.45, 2.75) is 12.5 Å². The van der Waals surface area contributed by atoms with Crippen LogP contribution in [-0.4, -0.2) is 23.8 Å². The topological polar surface area (TPSA) is 46.5 Å². The molecule has 14 heavy (non-hydrogen) atoms. The molecular formula is C11H12O3. The number of para-hydroxylation sites is 1. The molecule has 0 bridgehead atoms. The highest BCUT2D eigenvalue weighted by Gasteiger charge is 1.99. The van der Waals surface area contributed by atoms with Gasteiger partial charge in [0.15, 0.2) is 0 Å². The summed E-state index contributed by atoms with van der Waals surface area (Å²) in [5, 5.41) is 9.13. The van der Waals surface area contributed by atoms with Crippen LogP contribution < -0.4 is 4.74 Å². The van der Waals surface area contributed by atoms with Crippen LogP contribution in [0.15, 0.2) is 36.4 Å². The second kappa shape index (κ2) is 5.97. The molecule has 0 spiro atoms. The molecule has 1 atom stereocenters. The van der Waals surface area contributed by atoms with Gasteiger partial charge in [-0.05, 0) is 12.1 Å². The van der Waals surface area contributed by atoms with Gasteiger partial charge in [0.05, 0.1) is 12.7 Å². The van der Waals surface area contributed by atoms with E-state index in [1.807, 2.05) is 30.3 Å². The zero-order chi connectivity index (χ0) is 10.2. The minimum Gasteiger partial charge on any atom is -0.493 e. The molecular weight excluding hydrogens is 180 g/mol. The molecule has 3 heteroatoms. The predicted molar refractivity (Wildman–Crippen MR) is 52.8 cm³/mol. The van der Waals surface area contributed by atoms with E-state index in [0.29, 0.717) is 13.0 Å². The maximum Gasteiger partial charge on any atom is 0.122 e. The molecule has 0 fully saturated rings. The largest absolute Gasteiger partial charge is 0.493 e. The van der Waals surface area contributed by atoms with E-state index < -0.39 is 6.10 Å². The molecule has 0 aliphatic carbocycles. The second-order valence-corrected chi connectivity index (χ2v) is 2.80. The van der Waals surface area contributed by atoms with Crippen molar-refractivity contribution in [3.63, 3.8) is 0 Å². The lowest BCUT2D eigenvalue weighted by atomic mass is 10.2. The van der Waals surface area contributed by atoms with Crippen LogP contribution in [-0.2, 0) is 4.79 Å². The van der Waals surface area contributed by atoms with Crippen molar-refractivity contribution in [3.8, 4) is 5.75 Å². The molecule has 74 valence electrons. The minimum absolute atomic E-state index is 0.378. The lowest BCUT2D eigenvalue weighted by Crippen LogP contribution is -2.09. The fraction of sp³-hybridized carbons (Fsp3) is 0.273. The van der Waals surface area contributed by atoms with Gasteiger partial charge in [0.25, 0.3) is 0 Å². The van der Waals surface area contributed by atoms with Crippen molar-refractivity contribution in [1.82, 2.24) is 0 Å². The highest BCUT2D eigenvalue weighted by atomic mass is 16.5. The summed E-state index contributed by atoms with van der Waals surface area (Å²) in [5.74, 6) is 2.29. The Morgan fingerprint density at radius 2 is 2.14 bits per heavy atom. The smallest absolute Gasteiger partial charge is 0.122 e. The molecule has 1 aromatic rings. The lowest BCUT2D eigenvalue weighted by Gasteiger charge is -2.06. The van der Waals surface area contributed by atoms with Gasteiger partial charge < -0.3 is 9.84 Å². The Bertz CT molecular complexity index is 302. The van der Waals surface area contributed by atoms with Crippen molar-refractivity contribution < 1.29 is 14.6 Å². The number of benzene rings is 1. The molecule has 1 aromatic carbocycles. The summed E-state index contributed by atoms with van der Waals surface area (Å²) in [5.41, 5.74) is 0. The Balaban J connectivity index is 2.25. The monoisotopic (exact) mass is 192 g/mol. The van der Waals surface area contributed by atoms with Gasteiger partial charge in [0.2, 0.25) is 0 Å². The van der Waals surface area contributed by atoms with Gasteiger partial charge in [0, 0.05) is 12.5 Å². The van der Waals surface area contributed by atoms with Gasteiger partial charge in [-0.15, -0.1) is 0 Å². The highest BCUT2D eigenvalue weighted by molar-refractivity contribution is 5.45. The first-order valence-electron chi connectivity index (χ1n) is 4.40. The summed E-state index contributed by atoms with van der Waals surface area (Å²) >= 11 is 0. The van der Waals surface area contributed by atoms with Gasteiger partial charge in [-0.2, -0.15) is 0 Å². The van der Waals surface area contributed by atoms with Crippen LogP contribution in [0.25, 0.3) is 0 Å². The van der Waals surface area contributed by atoms with E-state index in [2.05, 4.69) is 0 Å². The molecule has 0 saturated heterocycles. The molecule has 1 rings (SSSR count). The Morgan fingerprint density at radius 3 is 2.79 bits per heavy atom. The summed E-state index contributed by atoms with van der Waals surface area (Å²) in [6.07, 6.45) is 0.703. The van der Waals surface area contributed by atoms with Crippen molar-refractivity contribution >= 4 is 5.94 Å². The van der Waals surface area contributed by atoms with Crippen molar-refractivity contribution in [1.29, 1.82) is 0 Å². The standard InChI is InChI=1S/C11H12O3/c12-8-6-10(13)7-9-14-11-4-2-1-3-5-11/h1-6,10,13H,7,9H2. The third kappa shape index (κ3) is 3.90. The number of hydrogen-bond donors (Lipinski definition) is 1. The Hall–Kier alpha value is -1.57. The Labute approximate surface area is 82.6 Å². The van der Waals surface area contributed by atoms with Crippen LogP contribution in [0.1, 0.15) is 6.42 Å². The molecule has 0 saturated carbocycles. The lowest BCUT2D eigenvalue weighted by molar-refractivity contribution is 0.179. The predicted octanol–water partition coefficient (Wildman–Crippen LogP) is 1.20. The molecule has 3 nitrogen and oxygen atoms in total. The number of ether oxygens (including phenoxy) is 1. The third-order valence-electron chi connectivity index (χ3n) is 1.69. The first kappa shape index (κ1) is 10.5. The maximum atomic E-state index is 9.87. The van der Waals surface area contributed by atoms with Crippen molar-refractivity contribution in [3.05, 3.63) is 36.4 Å². The third-order valence-corrected chi connectivity index (χ3v) is 1.69. The van der Waals surface area contributed by atoms with E-state index in [0.717, 1.165) is 11.8 Å². The first-order chi connectivity index (χ1) is 6.83. The van der Waals surface area contributed by atoms with Crippen LogP contribution >= 0.6 is 0 Å². The highest BCUT2D eigenvalue weighted by Crippen LogP contribution is 2.08. The van der Waals surface area contributed by atoms with E-state index >= 15 is 0 Å². The fourth-order valence-electron chi connectivity index (χ4n) is 0.976. The number of aliphatic hydroxyl groups excluding tert-OH is 1. The fourth-order valence-corrected chi connectivity index (χ4v) is 0.976. The first-order valence-corrected chi connectivity index (χ1v) is 4.40. The average Bonchev–Trinajstić information content (AvgIpc) is 2.20. The van der Waals surface area contributed by atoms with E-state index in [1.165, 1.54) is 5.94 Å². The van der Waals surface area contributed by atoms with E-state index in [-0.39, 0.29) is 0 Å². The van der Waals surface area contributed by atoms with Gasteiger partial charge in [0.1, 0.15) is 11.7 Å². The maximum absolute atomic E-state index is 9.87. The summed E-state index contributed by atoms with van der Waals surface area (Å²) < 4.78 is 5.31. The SMILES string of the molecule is O=C=CC(O)CCOc1ccccc1. The Kier molecular flexibility index (Phi) is 4.48. The van der Waals surface area contributed by atoms with E-state index in [9.17, 15) is 4.79 Å². The van der Waals surface area contributed by atoms with Gasteiger partial charge in [-0.3, -0.25) is 0 Å². The molecule has 1 unspecified atom stereocenters. The van der Waals surface area contributed by atoms with Crippen molar-refractivity contribution in [2.75, 3.05) is 6.61 Å². The molecule has 0 heterocycles. The van der Waals surface area contributed by atoms with Crippen LogP contribution in [0.3, 0.4) is 0 Å². The van der Waals surface area contributed by atoms with Gasteiger partial charge >= 0.3 is 0 Å². The zero-order valence-electron chi connectivity index (χ0n) is 7.72. The van der Waals surface area contributed by atoms with Gasteiger partial charge in [-0.1, -0.05) is 18.2 Å². The van der Waals surface area contributed by atoms with Crippen LogP contribution in [0.2, 0.25) is 0 Å². The number of aliphatic hydroxyl groups is 1. The molecule has 0 radical (unpaired) electrons. The van der Waals surface area contributed by atoms with Crippen molar-refractivity contribution in [2.24, 2.45) is 0 Å². The molecule has 1 N–H and O–H groups in total. The molecule has 0 aliphatic heterocycles. The molecule has 0 aromatic heterocycles. The van der Waals surface area contributed by atoms with Crippen LogP contribution in [0, 0.1) is 0 Å². The molecule has 0 amide bonds. The van der Waals surface area contributed by atoms with Gasteiger partial charge in [-0.25, -0.2) is 4.79 Å². The van der Waals surface area contributed by atoms with E-state index in [4.69, 9.17) is 9.84 Å². The van der Waals surface area contributed by atoms with E-state index in [1.54, 1.807) is 0 Å². The zero-order valence-corrected chi connectivity index (χ0v) is 7.72. The quantitative estimate of drug-likeness (QED) is 0.713. The number of rotatable bonds is 5. The minimum atomic E-state index is -0.767. The normalized spacial score (nSPS) is 11.5. The number of hydrogen-bond acceptors (Lipinski definition) is 3. The van der Waals surface area contributed by atoms with Crippen LogP contribution in [0.4, 0.5) is 0 Å². The summed E-state index contributed by atoms with van der Waals surface area (Å²) in [4.78, 5) is 9.87. The average molecular weight is 192 g/mol.